The van der Waals surface area contributed by atoms with Crippen LogP contribution in [0.25, 0.3) is 0 Å². The van der Waals surface area contributed by atoms with Crippen molar-refractivity contribution in [1.29, 1.82) is 0 Å². The van der Waals surface area contributed by atoms with Crippen molar-refractivity contribution in [2.45, 2.75) is 46.8 Å². The Hall–Kier alpha value is -1.36. The molecular formula is C13H23N3O2. The molecule has 0 aliphatic heterocycles. The highest BCUT2D eigenvalue weighted by Crippen LogP contribution is 2.02. The first-order chi connectivity index (χ1) is 8.49. The fourth-order valence-electron chi connectivity index (χ4n) is 1.75. The van der Waals surface area contributed by atoms with Crippen molar-refractivity contribution < 1.29 is 9.53 Å². The van der Waals surface area contributed by atoms with Gasteiger partial charge in [-0.15, -0.1) is 0 Å². The number of hydrogen-bond acceptors (Lipinski definition) is 4. The normalized spacial score (nSPS) is 10.9. The quantitative estimate of drug-likeness (QED) is 0.590. The van der Waals surface area contributed by atoms with Crippen molar-refractivity contribution in [3.63, 3.8) is 0 Å². The lowest BCUT2D eigenvalue weighted by atomic mass is 10.4. The summed E-state index contributed by atoms with van der Waals surface area (Å²) in [6, 6.07) is 2.06. The Kier molecular flexibility index (Phi) is 5.85. The van der Waals surface area contributed by atoms with Crippen molar-refractivity contribution >= 4 is 5.97 Å². The molecule has 0 fully saturated rings. The van der Waals surface area contributed by atoms with Gasteiger partial charge in [0.15, 0.2) is 0 Å². The van der Waals surface area contributed by atoms with Crippen LogP contribution in [-0.4, -0.2) is 34.9 Å². The van der Waals surface area contributed by atoms with Crippen LogP contribution in [0.15, 0.2) is 6.07 Å². The molecule has 5 nitrogen and oxygen atoms in total. The Balaban J connectivity index is 2.12. The summed E-state index contributed by atoms with van der Waals surface area (Å²) in [6.07, 6.45) is 0.894. The summed E-state index contributed by atoms with van der Waals surface area (Å²) < 4.78 is 7.01. The standard InChI is InChI=1S/C13H23N3O2/c1-10(2)18-13(17)9-14-6-5-7-16-12(4)8-11(3)15-16/h8,10,14H,5-7,9H2,1-4H3. The number of hydrogen-bond donors (Lipinski definition) is 1. The summed E-state index contributed by atoms with van der Waals surface area (Å²) in [5, 5.41) is 7.45. The number of aromatic nitrogens is 2. The first-order valence-electron chi connectivity index (χ1n) is 6.40. The van der Waals surface area contributed by atoms with E-state index in [1.165, 1.54) is 5.69 Å². The smallest absolute Gasteiger partial charge is 0.320 e. The maximum Gasteiger partial charge on any atom is 0.320 e. The van der Waals surface area contributed by atoms with Gasteiger partial charge in [-0.2, -0.15) is 5.10 Å². The van der Waals surface area contributed by atoms with Crippen LogP contribution in [0, 0.1) is 13.8 Å². The molecule has 1 heterocycles. The third-order valence-electron chi connectivity index (χ3n) is 2.46. The molecule has 1 rings (SSSR count). The van der Waals surface area contributed by atoms with Crippen LogP contribution in [0.3, 0.4) is 0 Å². The molecule has 1 aromatic heterocycles. The van der Waals surface area contributed by atoms with Crippen LogP contribution >= 0.6 is 0 Å². The molecule has 1 N–H and O–H groups in total. The van der Waals surface area contributed by atoms with Gasteiger partial charge in [0.25, 0.3) is 0 Å². The van der Waals surface area contributed by atoms with Crippen LogP contribution < -0.4 is 5.32 Å². The molecule has 1 aromatic rings. The lowest BCUT2D eigenvalue weighted by Gasteiger charge is -2.09. The molecule has 5 heteroatoms. The maximum absolute atomic E-state index is 11.2. The SMILES string of the molecule is Cc1cc(C)n(CCCNCC(=O)OC(C)C)n1. The Morgan fingerprint density at radius 2 is 2.22 bits per heavy atom. The van der Waals surface area contributed by atoms with E-state index in [0.29, 0.717) is 0 Å². The fourth-order valence-corrected chi connectivity index (χ4v) is 1.75. The first kappa shape index (κ1) is 14.7. The molecule has 0 atom stereocenters. The zero-order valence-corrected chi connectivity index (χ0v) is 11.7. The lowest BCUT2D eigenvalue weighted by molar-refractivity contribution is -0.146. The highest BCUT2D eigenvalue weighted by atomic mass is 16.5. The van der Waals surface area contributed by atoms with Crippen LogP contribution in [0.4, 0.5) is 0 Å². The van der Waals surface area contributed by atoms with E-state index in [2.05, 4.69) is 16.5 Å². The van der Waals surface area contributed by atoms with Gasteiger partial charge in [0, 0.05) is 12.2 Å². The van der Waals surface area contributed by atoms with Crippen LogP contribution in [0.1, 0.15) is 31.7 Å². The second-order valence-corrected chi connectivity index (χ2v) is 4.72. The second-order valence-electron chi connectivity index (χ2n) is 4.72. The molecule has 0 unspecified atom stereocenters. The largest absolute Gasteiger partial charge is 0.462 e. The highest BCUT2D eigenvalue weighted by molar-refractivity contribution is 5.71. The number of nitrogens with one attached hydrogen (secondary N) is 1. The van der Waals surface area contributed by atoms with Gasteiger partial charge in [0.2, 0.25) is 0 Å². The minimum absolute atomic E-state index is 0.0472. The average molecular weight is 253 g/mol. The third kappa shape index (κ3) is 5.31. The van der Waals surface area contributed by atoms with Crippen molar-refractivity contribution in [1.82, 2.24) is 15.1 Å². The number of nitrogens with zero attached hydrogens (tertiary/aromatic N) is 2. The van der Waals surface area contributed by atoms with Gasteiger partial charge in [-0.1, -0.05) is 0 Å². The van der Waals surface area contributed by atoms with Crippen molar-refractivity contribution in [2.24, 2.45) is 0 Å². The summed E-state index contributed by atoms with van der Waals surface area (Å²) in [7, 11) is 0. The summed E-state index contributed by atoms with van der Waals surface area (Å²) in [6.45, 7) is 9.66. The molecule has 0 aliphatic rings. The predicted octanol–water partition coefficient (Wildman–Crippen LogP) is 1.43. The Morgan fingerprint density at radius 1 is 1.50 bits per heavy atom. The van der Waals surface area contributed by atoms with E-state index < -0.39 is 0 Å². The molecule has 0 saturated carbocycles. The first-order valence-corrected chi connectivity index (χ1v) is 6.40. The fraction of sp³-hybridized carbons (Fsp3) is 0.692. The zero-order valence-electron chi connectivity index (χ0n) is 11.7. The number of esters is 1. The van der Waals surface area contributed by atoms with Gasteiger partial charge in [-0.25, -0.2) is 0 Å². The van der Waals surface area contributed by atoms with E-state index in [-0.39, 0.29) is 18.6 Å². The number of carbonyl (C=O) groups is 1. The Bertz CT molecular complexity index is 386. The molecule has 0 bridgehead atoms. The third-order valence-corrected chi connectivity index (χ3v) is 2.46. The van der Waals surface area contributed by atoms with Crippen LogP contribution in [0.5, 0.6) is 0 Å². The molecule has 102 valence electrons. The molecule has 0 aliphatic carbocycles. The van der Waals surface area contributed by atoms with Crippen molar-refractivity contribution in [2.75, 3.05) is 13.1 Å². The highest BCUT2D eigenvalue weighted by Gasteiger charge is 2.04. The maximum atomic E-state index is 11.2. The molecule has 0 aromatic carbocycles. The number of rotatable bonds is 7. The van der Waals surface area contributed by atoms with E-state index in [9.17, 15) is 4.79 Å². The van der Waals surface area contributed by atoms with E-state index >= 15 is 0 Å². The number of carbonyl (C=O) groups excluding carboxylic acids is 1. The topological polar surface area (TPSA) is 56.2 Å². The van der Waals surface area contributed by atoms with Gasteiger partial charge in [-0.05, 0) is 46.7 Å². The molecule has 18 heavy (non-hydrogen) atoms. The monoisotopic (exact) mass is 253 g/mol. The van der Waals surface area contributed by atoms with Gasteiger partial charge < -0.3 is 10.1 Å². The molecule has 0 saturated heterocycles. The Labute approximate surface area is 109 Å². The van der Waals surface area contributed by atoms with Crippen LogP contribution in [-0.2, 0) is 16.1 Å². The molecular weight excluding hydrogens is 230 g/mol. The van der Waals surface area contributed by atoms with Crippen LogP contribution in [0.2, 0.25) is 0 Å². The summed E-state index contributed by atoms with van der Waals surface area (Å²) in [4.78, 5) is 11.2. The van der Waals surface area contributed by atoms with E-state index in [0.717, 1.165) is 25.2 Å². The Morgan fingerprint density at radius 3 is 2.78 bits per heavy atom. The minimum atomic E-state index is -0.198. The average Bonchev–Trinajstić information content (AvgIpc) is 2.56. The van der Waals surface area contributed by atoms with E-state index in [4.69, 9.17) is 4.74 Å². The molecule has 0 spiro atoms. The van der Waals surface area contributed by atoms with E-state index in [1.807, 2.05) is 32.4 Å². The number of aryl methyl sites for hydroxylation is 3. The van der Waals surface area contributed by atoms with Gasteiger partial charge in [0.05, 0.1) is 18.3 Å². The van der Waals surface area contributed by atoms with Gasteiger partial charge >= 0.3 is 5.97 Å². The van der Waals surface area contributed by atoms with Crippen molar-refractivity contribution in [3.05, 3.63) is 17.5 Å². The van der Waals surface area contributed by atoms with Crippen molar-refractivity contribution in [3.8, 4) is 0 Å². The zero-order chi connectivity index (χ0) is 13.5. The number of ether oxygens (including phenoxy) is 1. The van der Waals surface area contributed by atoms with Gasteiger partial charge in [-0.3, -0.25) is 9.48 Å². The molecule has 0 radical (unpaired) electrons. The summed E-state index contributed by atoms with van der Waals surface area (Å²) in [5.74, 6) is -0.198. The predicted molar refractivity (Wildman–Crippen MR) is 70.4 cm³/mol. The van der Waals surface area contributed by atoms with Gasteiger partial charge in [0.1, 0.15) is 0 Å². The second kappa shape index (κ2) is 7.16. The summed E-state index contributed by atoms with van der Waals surface area (Å²) in [5.41, 5.74) is 2.22. The van der Waals surface area contributed by atoms with E-state index in [1.54, 1.807) is 0 Å². The minimum Gasteiger partial charge on any atom is -0.462 e. The summed E-state index contributed by atoms with van der Waals surface area (Å²) >= 11 is 0. The molecule has 0 amide bonds. The lowest BCUT2D eigenvalue weighted by Crippen LogP contribution is -2.28.